The van der Waals surface area contributed by atoms with Crippen LogP contribution in [0, 0.1) is 11.8 Å². The maximum atomic E-state index is 13.2. The zero-order chi connectivity index (χ0) is 19.6. The average Bonchev–Trinajstić information content (AvgIpc) is 2.69. The topological polar surface area (TPSA) is 49.4 Å². The molecule has 27 heavy (non-hydrogen) atoms. The molecular formula is C22H31ClN2O2. The van der Waals surface area contributed by atoms with E-state index < -0.39 is 0 Å². The van der Waals surface area contributed by atoms with Crippen molar-refractivity contribution in [3.8, 4) is 0 Å². The molecular weight excluding hydrogens is 360 g/mol. The molecule has 0 aromatic heterocycles. The van der Waals surface area contributed by atoms with E-state index >= 15 is 0 Å². The summed E-state index contributed by atoms with van der Waals surface area (Å²) in [6.07, 6.45) is 9.33. The highest BCUT2D eigenvalue weighted by Crippen LogP contribution is 2.30. The van der Waals surface area contributed by atoms with Gasteiger partial charge in [-0.3, -0.25) is 9.59 Å². The van der Waals surface area contributed by atoms with Crippen molar-refractivity contribution in [1.29, 1.82) is 0 Å². The van der Waals surface area contributed by atoms with E-state index in [1.165, 1.54) is 0 Å². The van der Waals surface area contributed by atoms with E-state index in [4.69, 9.17) is 11.6 Å². The Balaban J connectivity index is 2.12. The third kappa shape index (κ3) is 6.10. The smallest absolute Gasteiger partial charge is 0.228 e. The standard InChI is InChI=1S/C22H31ClN2O2/c1-3-5-15-25(16-6-4-2)22(27)18-12-8-7-11-17(18)21(26)24-20-14-10-9-13-19(20)23/h7-10,13-14,17-18H,3-6,11-12,15-16H2,1-2H3,(H,24,26). The minimum absolute atomic E-state index is 0.112. The lowest BCUT2D eigenvalue weighted by Crippen LogP contribution is -2.44. The molecule has 0 aliphatic heterocycles. The second-order valence-electron chi connectivity index (χ2n) is 7.16. The fourth-order valence-corrected chi connectivity index (χ4v) is 3.61. The minimum atomic E-state index is -0.357. The van der Waals surface area contributed by atoms with E-state index in [0.717, 1.165) is 38.8 Å². The minimum Gasteiger partial charge on any atom is -0.342 e. The van der Waals surface area contributed by atoms with Crippen molar-refractivity contribution in [3.05, 3.63) is 41.4 Å². The molecule has 1 aliphatic rings. The van der Waals surface area contributed by atoms with Crippen LogP contribution in [-0.2, 0) is 9.59 Å². The highest BCUT2D eigenvalue weighted by Gasteiger charge is 2.36. The number of carbonyl (C=O) groups is 2. The Morgan fingerprint density at radius 1 is 1.04 bits per heavy atom. The summed E-state index contributed by atoms with van der Waals surface area (Å²) in [5.41, 5.74) is 0.596. The number of halogens is 1. The van der Waals surface area contributed by atoms with Crippen molar-refractivity contribution >= 4 is 29.1 Å². The largest absolute Gasteiger partial charge is 0.342 e. The van der Waals surface area contributed by atoms with E-state index in [1.807, 2.05) is 29.2 Å². The molecule has 1 N–H and O–H groups in total. The molecule has 2 unspecified atom stereocenters. The molecule has 148 valence electrons. The fraction of sp³-hybridized carbons (Fsp3) is 0.545. The van der Waals surface area contributed by atoms with Gasteiger partial charge in [0.2, 0.25) is 11.8 Å². The maximum absolute atomic E-state index is 13.2. The summed E-state index contributed by atoms with van der Waals surface area (Å²) >= 11 is 6.17. The molecule has 0 radical (unpaired) electrons. The van der Waals surface area contributed by atoms with Gasteiger partial charge >= 0.3 is 0 Å². The van der Waals surface area contributed by atoms with Gasteiger partial charge in [-0.2, -0.15) is 0 Å². The lowest BCUT2D eigenvalue weighted by molar-refractivity contribution is -0.141. The lowest BCUT2D eigenvalue weighted by atomic mass is 9.81. The highest BCUT2D eigenvalue weighted by atomic mass is 35.5. The first-order valence-electron chi connectivity index (χ1n) is 10.1. The summed E-state index contributed by atoms with van der Waals surface area (Å²) in [5.74, 6) is -0.673. The molecule has 0 bridgehead atoms. The number of amides is 2. The van der Waals surface area contributed by atoms with Crippen LogP contribution in [0.3, 0.4) is 0 Å². The van der Waals surface area contributed by atoms with Crippen LogP contribution in [0.5, 0.6) is 0 Å². The van der Waals surface area contributed by atoms with Crippen LogP contribution in [0.2, 0.25) is 5.02 Å². The summed E-state index contributed by atoms with van der Waals surface area (Å²) in [4.78, 5) is 28.1. The van der Waals surface area contributed by atoms with Gasteiger partial charge in [-0.15, -0.1) is 0 Å². The predicted molar refractivity (Wildman–Crippen MR) is 112 cm³/mol. The number of allylic oxidation sites excluding steroid dienone is 2. The number of unbranched alkanes of at least 4 members (excludes halogenated alkanes) is 2. The van der Waals surface area contributed by atoms with Crippen LogP contribution >= 0.6 is 11.6 Å². The monoisotopic (exact) mass is 390 g/mol. The molecule has 5 heteroatoms. The number of para-hydroxylation sites is 1. The van der Waals surface area contributed by atoms with Gasteiger partial charge in [0.25, 0.3) is 0 Å². The number of carbonyl (C=O) groups excluding carboxylic acids is 2. The second-order valence-corrected chi connectivity index (χ2v) is 7.56. The van der Waals surface area contributed by atoms with E-state index in [1.54, 1.807) is 12.1 Å². The number of rotatable bonds is 9. The zero-order valence-corrected chi connectivity index (χ0v) is 17.2. The van der Waals surface area contributed by atoms with Crippen LogP contribution in [0.25, 0.3) is 0 Å². The molecule has 0 fully saturated rings. The Morgan fingerprint density at radius 3 is 2.22 bits per heavy atom. The quantitative estimate of drug-likeness (QED) is 0.582. The first-order chi connectivity index (χ1) is 13.1. The van der Waals surface area contributed by atoms with Crippen molar-refractivity contribution in [2.45, 2.75) is 52.4 Å². The number of nitrogens with one attached hydrogen (secondary N) is 1. The molecule has 1 aromatic rings. The summed E-state index contributed by atoms with van der Waals surface area (Å²) in [6, 6.07) is 7.19. The third-order valence-electron chi connectivity index (χ3n) is 5.09. The van der Waals surface area contributed by atoms with Gasteiger partial charge < -0.3 is 10.2 Å². The van der Waals surface area contributed by atoms with Gasteiger partial charge in [-0.1, -0.05) is 62.6 Å². The number of nitrogens with zero attached hydrogens (tertiary/aromatic N) is 1. The van der Waals surface area contributed by atoms with E-state index in [2.05, 4.69) is 19.2 Å². The van der Waals surface area contributed by atoms with Crippen molar-refractivity contribution < 1.29 is 9.59 Å². The molecule has 2 atom stereocenters. The van der Waals surface area contributed by atoms with Crippen molar-refractivity contribution in [2.75, 3.05) is 18.4 Å². The third-order valence-corrected chi connectivity index (χ3v) is 5.42. The van der Waals surface area contributed by atoms with E-state index in [9.17, 15) is 9.59 Å². The lowest BCUT2D eigenvalue weighted by Gasteiger charge is -2.32. The first-order valence-corrected chi connectivity index (χ1v) is 10.4. The highest BCUT2D eigenvalue weighted by molar-refractivity contribution is 6.33. The van der Waals surface area contributed by atoms with Crippen molar-refractivity contribution in [3.63, 3.8) is 0 Å². The van der Waals surface area contributed by atoms with Crippen LogP contribution < -0.4 is 5.32 Å². The number of anilines is 1. The van der Waals surface area contributed by atoms with E-state index in [0.29, 0.717) is 23.6 Å². The molecule has 2 amide bonds. The molecule has 0 spiro atoms. The van der Waals surface area contributed by atoms with Crippen molar-refractivity contribution in [1.82, 2.24) is 4.90 Å². The number of hydrogen-bond acceptors (Lipinski definition) is 2. The van der Waals surface area contributed by atoms with Gasteiger partial charge in [-0.05, 0) is 37.8 Å². The normalized spacial score (nSPS) is 18.9. The number of benzene rings is 1. The Kier molecular flexibility index (Phi) is 8.86. The maximum Gasteiger partial charge on any atom is 0.228 e. The van der Waals surface area contributed by atoms with Crippen LogP contribution in [0.4, 0.5) is 5.69 Å². The Hall–Kier alpha value is -1.81. The Morgan fingerprint density at radius 2 is 1.63 bits per heavy atom. The number of hydrogen-bond donors (Lipinski definition) is 1. The molecule has 1 aromatic carbocycles. The van der Waals surface area contributed by atoms with Crippen LogP contribution in [0.1, 0.15) is 52.4 Å². The molecule has 1 aliphatic carbocycles. The SMILES string of the molecule is CCCCN(CCCC)C(=O)C1CC=CCC1C(=O)Nc1ccccc1Cl. The van der Waals surface area contributed by atoms with Gasteiger partial charge in [-0.25, -0.2) is 0 Å². The van der Waals surface area contributed by atoms with Gasteiger partial charge in [0.15, 0.2) is 0 Å². The van der Waals surface area contributed by atoms with Gasteiger partial charge in [0.05, 0.1) is 22.5 Å². The van der Waals surface area contributed by atoms with Crippen LogP contribution in [-0.4, -0.2) is 29.8 Å². The summed E-state index contributed by atoms with van der Waals surface area (Å²) in [6.45, 7) is 5.81. The Bertz CT molecular complexity index is 651. The average molecular weight is 391 g/mol. The Labute approximate surface area is 168 Å². The summed E-state index contributed by atoms with van der Waals surface area (Å²) in [5, 5.41) is 3.42. The zero-order valence-electron chi connectivity index (χ0n) is 16.4. The fourth-order valence-electron chi connectivity index (χ4n) is 3.43. The molecule has 0 saturated heterocycles. The molecule has 2 rings (SSSR count). The van der Waals surface area contributed by atoms with Gasteiger partial charge in [0.1, 0.15) is 0 Å². The van der Waals surface area contributed by atoms with Crippen LogP contribution in [0.15, 0.2) is 36.4 Å². The summed E-state index contributed by atoms with van der Waals surface area (Å²) < 4.78 is 0. The first kappa shape index (κ1) is 21.5. The van der Waals surface area contributed by atoms with E-state index in [-0.39, 0.29) is 23.7 Å². The van der Waals surface area contributed by atoms with Gasteiger partial charge in [0, 0.05) is 13.1 Å². The summed E-state index contributed by atoms with van der Waals surface area (Å²) in [7, 11) is 0. The molecule has 0 heterocycles. The molecule has 4 nitrogen and oxygen atoms in total. The van der Waals surface area contributed by atoms with Crippen molar-refractivity contribution in [2.24, 2.45) is 11.8 Å². The second kappa shape index (κ2) is 11.1. The molecule has 0 saturated carbocycles. The predicted octanol–water partition coefficient (Wildman–Crippen LogP) is 5.29.